The van der Waals surface area contributed by atoms with Gasteiger partial charge in [0.2, 0.25) is 0 Å². The van der Waals surface area contributed by atoms with Crippen LogP contribution in [0, 0.1) is 5.92 Å². The van der Waals surface area contributed by atoms with E-state index < -0.39 is 0 Å². The summed E-state index contributed by atoms with van der Waals surface area (Å²) in [6.07, 6.45) is 9.72. The number of unbranched alkanes of at least 4 members (excludes halogenated alkanes) is 2. The van der Waals surface area contributed by atoms with Gasteiger partial charge in [-0.15, -0.1) is 0 Å². The van der Waals surface area contributed by atoms with Crippen LogP contribution in [0.5, 0.6) is 0 Å². The molecule has 0 spiro atoms. The lowest BCUT2D eigenvalue weighted by Crippen LogP contribution is -3.00. The number of quaternary nitrogens is 1. The third-order valence-corrected chi connectivity index (χ3v) is 6.20. The van der Waals surface area contributed by atoms with Crippen molar-refractivity contribution in [3.05, 3.63) is 71.8 Å². The number of hydrogen-bond acceptors (Lipinski definition) is 1. The Morgan fingerprint density at radius 3 is 2.25 bits per heavy atom. The molecule has 3 N–H and O–H groups in total. The van der Waals surface area contributed by atoms with E-state index in [9.17, 15) is 0 Å². The quantitative estimate of drug-likeness (QED) is 0.639. The minimum atomic E-state index is 0. The van der Waals surface area contributed by atoms with Crippen molar-refractivity contribution in [1.82, 2.24) is 0 Å². The average molecular weight is 402 g/mol. The van der Waals surface area contributed by atoms with Gasteiger partial charge in [-0.25, -0.2) is 0 Å². The van der Waals surface area contributed by atoms with Crippen molar-refractivity contribution < 1.29 is 22.9 Å². The molecule has 154 valence electrons. The summed E-state index contributed by atoms with van der Waals surface area (Å²) >= 11 is 0. The summed E-state index contributed by atoms with van der Waals surface area (Å²) in [5.74, 6) is 0.560. The topological polar surface area (TPSA) is 36.9 Å². The first kappa shape index (κ1) is 22.9. The Morgan fingerprint density at radius 2 is 1.61 bits per heavy atom. The zero-order chi connectivity index (χ0) is 19.0. The van der Waals surface area contributed by atoms with Crippen molar-refractivity contribution in [3.63, 3.8) is 0 Å². The van der Waals surface area contributed by atoms with Gasteiger partial charge >= 0.3 is 0 Å². The van der Waals surface area contributed by atoms with Gasteiger partial charge < -0.3 is 22.9 Å². The van der Waals surface area contributed by atoms with Gasteiger partial charge in [-0.05, 0) is 36.8 Å². The molecule has 3 unspecified atom stereocenters. The second kappa shape index (κ2) is 11.6. The minimum absolute atomic E-state index is 0. The SMILES string of the molecule is CCCCCOC1CCC([NH3+])(Cc2ccccc2)C(Cc2ccccc2)C1.[Cl-]. The predicted molar refractivity (Wildman–Crippen MR) is 113 cm³/mol. The van der Waals surface area contributed by atoms with Crippen LogP contribution < -0.4 is 18.1 Å². The Bertz CT molecular complexity index is 663. The van der Waals surface area contributed by atoms with Crippen LogP contribution in [0.25, 0.3) is 0 Å². The Kier molecular flexibility index (Phi) is 9.50. The van der Waals surface area contributed by atoms with Crippen LogP contribution in [0.2, 0.25) is 0 Å². The highest BCUT2D eigenvalue weighted by atomic mass is 35.5. The largest absolute Gasteiger partial charge is 1.00 e. The van der Waals surface area contributed by atoms with Gasteiger partial charge in [-0.1, -0.05) is 80.4 Å². The molecule has 1 fully saturated rings. The van der Waals surface area contributed by atoms with Gasteiger partial charge in [0.15, 0.2) is 0 Å². The van der Waals surface area contributed by atoms with E-state index in [-0.39, 0.29) is 17.9 Å². The number of halogens is 1. The van der Waals surface area contributed by atoms with Crippen LogP contribution >= 0.6 is 0 Å². The smallest absolute Gasteiger partial charge is 0.102 e. The van der Waals surface area contributed by atoms with Crippen molar-refractivity contribution in [2.24, 2.45) is 5.92 Å². The molecule has 1 saturated carbocycles. The second-order valence-corrected chi connectivity index (χ2v) is 8.39. The van der Waals surface area contributed by atoms with E-state index in [1.54, 1.807) is 0 Å². The van der Waals surface area contributed by atoms with Crippen molar-refractivity contribution in [2.45, 2.75) is 69.9 Å². The molecular weight excluding hydrogens is 366 g/mol. The lowest BCUT2D eigenvalue weighted by molar-refractivity contribution is -0.500. The Labute approximate surface area is 177 Å². The molecular formula is C25H36ClNO. The molecule has 0 heterocycles. The van der Waals surface area contributed by atoms with Crippen LogP contribution in [0.3, 0.4) is 0 Å². The monoisotopic (exact) mass is 401 g/mol. The zero-order valence-electron chi connectivity index (χ0n) is 17.3. The van der Waals surface area contributed by atoms with Crippen LogP contribution in [0.4, 0.5) is 0 Å². The van der Waals surface area contributed by atoms with E-state index in [4.69, 9.17) is 10.5 Å². The van der Waals surface area contributed by atoms with Crippen molar-refractivity contribution >= 4 is 0 Å². The predicted octanol–water partition coefficient (Wildman–Crippen LogP) is 1.83. The average Bonchev–Trinajstić information content (AvgIpc) is 2.69. The molecule has 1 aliphatic rings. The summed E-state index contributed by atoms with van der Waals surface area (Å²) in [5.41, 5.74) is 7.72. The molecule has 3 heteroatoms. The standard InChI is InChI=1S/C25H35NO.ClH/c1-2-3-10-17-27-24-15-16-25(26,20-22-13-8-5-9-14-22)23(19-24)18-21-11-6-4-7-12-21;/h4-9,11-14,23-24H,2-3,10,15-20,26H2,1H3;1H. The molecule has 0 bridgehead atoms. The molecule has 2 aromatic rings. The molecule has 3 rings (SSSR count). The molecule has 3 atom stereocenters. The van der Waals surface area contributed by atoms with E-state index in [1.807, 2.05) is 0 Å². The number of hydrogen-bond donors (Lipinski definition) is 1. The number of rotatable bonds is 9. The highest BCUT2D eigenvalue weighted by molar-refractivity contribution is 5.20. The van der Waals surface area contributed by atoms with Gasteiger partial charge in [-0.2, -0.15) is 0 Å². The summed E-state index contributed by atoms with van der Waals surface area (Å²) in [6.45, 7) is 3.16. The van der Waals surface area contributed by atoms with Crippen molar-refractivity contribution in [3.8, 4) is 0 Å². The highest BCUT2D eigenvalue weighted by Crippen LogP contribution is 2.37. The normalized spacial score (nSPS) is 24.5. The Hall–Kier alpha value is -1.35. The van der Waals surface area contributed by atoms with Crippen LogP contribution in [-0.2, 0) is 17.6 Å². The van der Waals surface area contributed by atoms with E-state index in [0.29, 0.717) is 12.0 Å². The van der Waals surface area contributed by atoms with Crippen LogP contribution in [0.1, 0.15) is 56.6 Å². The van der Waals surface area contributed by atoms with E-state index in [0.717, 1.165) is 38.7 Å². The van der Waals surface area contributed by atoms with Crippen molar-refractivity contribution in [1.29, 1.82) is 0 Å². The molecule has 0 saturated heterocycles. The molecule has 0 aromatic heterocycles. The van der Waals surface area contributed by atoms with Gasteiger partial charge in [-0.3, -0.25) is 0 Å². The van der Waals surface area contributed by atoms with Crippen LogP contribution in [0.15, 0.2) is 60.7 Å². The Morgan fingerprint density at radius 1 is 0.964 bits per heavy atom. The first-order chi connectivity index (χ1) is 13.2. The van der Waals surface area contributed by atoms with E-state index in [2.05, 4.69) is 67.6 Å². The van der Waals surface area contributed by atoms with Crippen molar-refractivity contribution in [2.75, 3.05) is 6.61 Å². The maximum Gasteiger partial charge on any atom is 0.102 e. The fourth-order valence-corrected chi connectivity index (χ4v) is 4.52. The minimum Gasteiger partial charge on any atom is -1.00 e. The molecule has 1 aliphatic carbocycles. The number of benzene rings is 2. The molecule has 0 aliphatic heterocycles. The first-order valence-electron chi connectivity index (χ1n) is 10.7. The highest BCUT2D eigenvalue weighted by Gasteiger charge is 2.44. The molecule has 2 nitrogen and oxygen atoms in total. The van der Waals surface area contributed by atoms with Gasteiger partial charge in [0.25, 0.3) is 0 Å². The second-order valence-electron chi connectivity index (χ2n) is 8.39. The lowest BCUT2D eigenvalue weighted by Gasteiger charge is -2.41. The molecule has 0 amide bonds. The third-order valence-electron chi connectivity index (χ3n) is 6.20. The molecule has 2 aromatic carbocycles. The lowest BCUT2D eigenvalue weighted by atomic mass is 9.67. The van der Waals surface area contributed by atoms with E-state index >= 15 is 0 Å². The molecule has 0 radical (unpaired) electrons. The maximum atomic E-state index is 6.27. The summed E-state index contributed by atoms with van der Waals surface area (Å²) in [5, 5.41) is 0. The first-order valence-corrected chi connectivity index (χ1v) is 10.7. The third kappa shape index (κ3) is 6.62. The summed E-state index contributed by atoms with van der Waals surface area (Å²) < 4.78 is 6.27. The summed E-state index contributed by atoms with van der Waals surface area (Å²) in [4.78, 5) is 0. The fraction of sp³-hybridized carbons (Fsp3) is 0.520. The van der Waals surface area contributed by atoms with Gasteiger partial charge in [0.05, 0.1) is 6.10 Å². The number of ether oxygens (including phenoxy) is 1. The maximum absolute atomic E-state index is 6.27. The molecule has 28 heavy (non-hydrogen) atoms. The zero-order valence-corrected chi connectivity index (χ0v) is 18.0. The Balaban J connectivity index is 0.00000280. The van der Waals surface area contributed by atoms with E-state index in [1.165, 1.54) is 30.4 Å². The van der Waals surface area contributed by atoms with Crippen LogP contribution in [-0.4, -0.2) is 18.2 Å². The fourth-order valence-electron chi connectivity index (χ4n) is 4.52. The van der Waals surface area contributed by atoms with Gasteiger partial charge in [0.1, 0.15) is 5.54 Å². The van der Waals surface area contributed by atoms with Gasteiger partial charge in [0, 0.05) is 25.4 Å². The summed E-state index contributed by atoms with van der Waals surface area (Å²) in [7, 11) is 0. The summed E-state index contributed by atoms with van der Waals surface area (Å²) in [6, 6.07) is 21.8.